The number of esters is 1. The molecule has 2 aromatic carbocycles. The predicted octanol–water partition coefficient (Wildman–Crippen LogP) is 4.33. The van der Waals surface area contributed by atoms with Crippen LogP contribution >= 0.6 is 39.0 Å². The molecule has 0 spiro atoms. The zero-order chi connectivity index (χ0) is 17.6. The van der Waals surface area contributed by atoms with Crippen LogP contribution < -0.4 is 5.32 Å². The lowest BCUT2D eigenvalue weighted by molar-refractivity contribution is -0.144. The Morgan fingerprint density at radius 2 is 1.92 bits per heavy atom. The molecule has 128 valence electrons. The lowest BCUT2D eigenvalue weighted by Crippen LogP contribution is -2.21. The van der Waals surface area contributed by atoms with Crippen LogP contribution in [0.25, 0.3) is 10.2 Å². The van der Waals surface area contributed by atoms with Gasteiger partial charge in [-0.05, 0) is 40.2 Å². The van der Waals surface area contributed by atoms with Gasteiger partial charge in [0.05, 0.1) is 21.7 Å². The van der Waals surface area contributed by atoms with Gasteiger partial charge in [-0.1, -0.05) is 36.0 Å². The maximum atomic E-state index is 11.8. The number of thiazole rings is 1. The van der Waals surface area contributed by atoms with E-state index in [1.165, 1.54) is 23.1 Å². The molecule has 0 atom stereocenters. The lowest BCUT2D eigenvalue weighted by Gasteiger charge is -2.07. The van der Waals surface area contributed by atoms with Crippen LogP contribution in [0.15, 0.2) is 57.3 Å². The van der Waals surface area contributed by atoms with E-state index in [1.54, 1.807) is 12.1 Å². The molecule has 1 amide bonds. The van der Waals surface area contributed by atoms with Crippen LogP contribution in [0.5, 0.6) is 0 Å². The third-order valence-corrected chi connectivity index (χ3v) is 5.94. The van der Waals surface area contributed by atoms with Gasteiger partial charge in [-0.2, -0.15) is 0 Å². The van der Waals surface area contributed by atoms with Crippen molar-refractivity contribution in [1.29, 1.82) is 0 Å². The normalized spacial score (nSPS) is 10.6. The lowest BCUT2D eigenvalue weighted by atomic mass is 10.3. The van der Waals surface area contributed by atoms with Gasteiger partial charge in [-0.3, -0.25) is 9.59 Å². The molecule has 0 radical (unpaired) electrons. The van der Waals surface area contributed by atoms with Gasteiger partial charge in [0.25, 0.3) is 5.91 Å². The number of fused-ring (bicyclic) bond motifs is 1. The van der Waals surface area contributed by atoms with Crippen LogP contribution in [-0.4, -0.2) is 29.2 Å². The Morgan fingerprint density at radius 1 is 1.16 bits per heavy atom. The van der Waals surface area contributed by atoms with Gasteiger partial charge >= 0.3 is 5.97 Å². The molecule has 0 aliphatic carbocycles. The Hall–Kier alpha value is -1.90. The van der Waals surface area contributed by atoms with Gasteiger partial charge in [0.2, 0.25) is 0 Å². The van der Waals surface area contributed by atoms with Crippen molar-refractivity contribution in [2.24, 2.45) is 0 Å². The number of para-hydroxylation sites is 2. The summed E-state index contributed by atoms with van der Waals surface area (Å²) in [6.07, 6.45) is 0. The van der Waals surface area contributed by atoms with Gasteiger partial charge in [-0.25, -0.2) is 4.98 Å². The first-order valence-corrected chi connectivity index (χ1v) is 9.90. The van der Waals surface area contributed by atoms with E-state index in [4.69, 9.17) is 4.74 Å². The van der Waals surface area contributed by atoms with Gasteiger partial charge < -0.3 is 10.1 Å². The molecular formula is C17H13BrN2O3S2. The summed E-state index contributed by atoms with van der Waals surface area (Å²) < 4.78 is 7.64. The second-order valence-electron chi connectivity index (χ2n) is 4.92. The van der Waals surface area contributed by atoms with Gasteiger partial charge in [0, 0.05) is 4.47 Å². The highest BCUT2D eigenvalue weighted by Gasteiger charge is 2.11. The van der Waals surface area contributed by atoms with E-state index in [0.717, 1.165) is 19.0 Å². The molecule has 1 heterocycles. The molecule has 0 bridgehead atoms. The van der Waals surface area contributed by atoms with E-state index in [0.29, 0.717) is 5.69 Å². The number of amides is 1. The standard InChI is InChI=1S/C17H13BrN2O3S2/c18-11-5-1-2-6-12(11)19-15(21)9-23-16(22)10-24-17-20-13-7-3-4-8-14(13)25-17/h1-8H,9-10H2,(H,19,21). The molecule has 0 fully saturated rings. The van der Waals surface area contributed by atoms with Crippen molar-refractivity contribution in [3.63, 3.8) is 0 Å². The van der Waals surface area contributed by atoms with Crippen LogP contribution in [0, 0.1) is 0 Å². The molecule has 0 aliphatic heterocycles. The summed E-state index contributed by atoms with van der Waals surface area (Å²) in [5, 5.41) is 2.68. The fraction of sp³-hybridized carbons (Fsp3) is 0.118. The molecule has 1 N–H and O–H groups in total. The Kier molecular flexibility index (Phi) is 6.06. The number of hydrogen-bond acceptors (Lipinski definition) is 6. The fourth-order valence-electron chi connectivity index (χ4n) is 1.97. The first kappa shape index (κ1) is 17.9. The molecule has 8 heteroatoms. The molecule has 5 nitrogen and oxygen atoms in total. The van der Waals surface area contributed by atoms with Crippen molar-refractivity contribution < 1.29 is 14.3 Å². The summed E-state index contributed by atoms with van der Waals surface area (Å²) in [7, 11) is 0. The molecule has 0 aliphatic rings. The largest absolute Gasteiger partial charge is 0.455 e. The van der Waals surface area contributed by atoms with Crippen molar-refractivity contribution in [3.8, 4) is 0 Å². The third-order valence-electron chi connectivity index (χ3n) is 3.10. The van der Waals surface area contributed by atoms with Crippen LogP contribution in [0.3, 0.4) is 0 Å². The minimum atomic E-state index is -0.452. The molecule has 3 aromatic rings. The van der Waals surface area contributed by atoms with Crippen molar-refractivity contribution in [1.82, 2.24) is 4.98 Å². The number of nitrogens with one attached hydrogen (secondary N) is 1. The average Bonchev–Trinajstić information content (AvgIpc) is 3.03. The SMILES string of the molecule is O=C(COC(=O)CSc1nc2ccccc2s1)Nc1ccccc1Br. The fourth-order valence-corrected chi connectivity index (χ4v) is 4.22. The number of ether oxygens (including phenoxy) is 1. The Labute approximate surface area is 160 Å². The molecule has 1 aromatic heterocycles. The minimum absolute atomic E-state index is 0.113. The quantitative estimate of drug-likeness (QED) is 0.459. The number of thioether (sulfide) groups is 1. The Balaban J connectivity index is 1.44. The molecule has 0 unspecified atom stereocenters. The average molecular weight is 437 g/mol. The number of carbonyl (C=O) groups is 2. The molecule has 3 rings (SSSR count). The van der Waals surface area contributed by atoms with Crippen molar-refractivity contribution in [3.05, 3.63) is 53.0 Å². The van der Waals surface area contributed by atoms with E-state index < -0.39 is 5.97 Å². The second-order valence-corrected chi connectivity index (χ2v) is 8.03. The number of rotatable bonds is 6. The van der Waals surface area contributed by atoms with E-state index in [9.17, 15) is 9.59 Å². The zero-order valence-corrected chi connectivity index (χ0v) is 16.1. The Bertz CT molecular complexity index is 881. The molecular weight excluding hydrogens is 424 g/mol. The van der Waals surface area contributed by atoms with Crippen molar-refractivity contribution in [2.45, 2.75) is 4.34 Å². The summed E-state index contributed by atoms with van der Waals surface area (Å²) in [4.78, 5) is 28.1. The first-order chi connectivity index (χ1) is 12.1. The summed E-state index contributed by atoms with van der Waals surface area (Å²) in [5.41, 5.74) is 1.54. The van der Waals surface area contributed by atoms with Crippen molar-refractivity contribution in [2.75, 3.05) is 17.7 Å². The monoisotopic (exact) mass is 436 g/mol. The van der Waals surface area contributed by atoms with E-state index in [-0.39, 0.29) is 18.3 Å². The van der Waals surface area contributed by atoms with Crippen LogP contribution in [-0.2, 0) is 14.3 Å². The van der Waals surface area contributed by atoms with Crippen LogP contribution in [0.1, 0.15) is 0 Å². The molecule has 0 saturated heterocycles. The topological polar surface area (TPSA) is 68.3 Å². The highest BCUT2D eigenvalue weighted by molar-refractivity contribution is 9.10. The summed E-state index contributed by atoms with van der Waals surface area (Å²) in [6, 6.07) is 15.0. The number of nitrogens with zero attached hydrogens (tertiary/aromatic N) is 1. The van der Waals surface area contributed by atoms with Crippen LogP contribution in [0.2, 0.25) is 0 Å². The number of halogens is 1. The zero-order valence-electron chi connectivity index (χ0n) is 12.9. The first-order valence-electron chi connectivity index (χ1n) is 7.30. The maximum absolute atomic E-state index is 11.8. The molecule has 0 saturated carbocycles. The van der Waals surface area contributed by atoms with Gasteiger partial charge in [-0.15, -0.1) is 11.3 Å². The third kappa shape index (κ3) is 5.04. The van der Waals surface area contributed by atoms with E-state index >= 15 is 0 Å². The number of hydrogen-bond donors (Lipinski definition) is 1. The number of anilines is 1. The van der Waals surface area contributed by atoms with Crippen LogP contribution in [0.4, 0.5) is 5.69 Å². The predicted molar refractivity (Wildman–Crippen MR) is 104 cm³/mol. The highest BCUT2D eigenvalue weighted by Crippen LogP contribution is 2.29. The Morgan fingerprint density at radius 3 is 2.72 bits per heavy atom. The smallest absolute Gasteiger partial charge is 0.316 e. The van der Waals surface area contributed by atoms with Crippen molar-refractivity contribution >= 4 is 66.8 Å². The molecule has 25 heavy (non-hydrogen) atoms. The second kappa shape index (κ2) is 8.46. The highest BCUT2D eigenvalue weighted by atomic mass is 79.9. The van der Waals surface area contributed by atoms with Gasteiger partial charge in [0.15, 0.2) is 10.9 Å². The number of aromatic nitrogens is 1. The van der Waals surface area contributed by atoms with Gasteiger partial charge in [0.1, 0.15) is 0 Å². The minimum Gasteiger partial charge on any atom is -0.455 e. The number of benzene rings is 2. The summed E-state index contributed by atoms with van der Waals surface area (Å²) >= 11 is 6.17. The summed E-state index contributed by atoms with van der Waals surface area (Å²) in [5.74, 6) is -0.723. The van der Waals surface area contributed by atoms with E-state index in [1.807, 2.05) is 36.4 Å². The van der Waals surface area contributed by atoms with E-state index in [2.05, 4.69) is 26.2 Å². The number of carbonyl (C=O) groups excluding carboxylic acids is 2. The summed E-state index contributed by atoms with van der Waals surface area (Å²) in [6.45, 7) is -0.319. The maximum Gasteiger partial charge on any atom is 0.316 e.